The highest BCUT2D eigenvalue weighted by Gasteiger charge is 2.70. The minimum atomic E-state index is -1.10. The van der Waals surface area contributed by atoms with E-state index in [4.69, 9.17) is 4.74 Å². The van der Waals surface area contributed by atoms with Crippen LogP contribution in [0.1, 0.15) is 41.0 Å². The van der Waals surface area contributed by atoms with Gasteiger partial charge < -0.3 is 14.7 Å². The Labute approximate surface area is 209 Å². The molecule has 2 bridgehead atoms. The molecule has 4 atom stereocenters. The van der Waals surface area contributed by atoms with Crippen LogP contribution in [0.3, 0.4) is 0 Å². The molecule has 1 saturated heterocycles. The van der Waals surface area contributed by atoms with Gasteiger partial charge in [0.25, 0.3) is 0 Å². The molecule has 3 aliphatic carbocycles. The predicted molar refractivity (Wildman–Crippen MR) is 132 cm³/mol. The Kier molecular flexibility index (Phi) is 5.18. The van der Waals surface area contributed by atoms with Gasteiger partial charge in [-0.2, -0.15) is 0 Å². The number of carbonyl (C=O) groups is 2. The van der Waals surface area contributed by atoms with Crippen molar-refractivity contribution in [3.8, 4) is 5.75 Å². The Morgan fingerprint density at radius 2 is 1.78 bits per heavy atom. The van der Waals surface area contributed by atoms with Gasteiger partial charge in [-0.3, -0.25) is 9.59 Å². The number of carboxylic acids is 1. The highest BCUT2D eigenvalue weighted by molar-refractivity contribution is 5.85. The number of hydrogen-bond acceptors (Lipinski definition) is 3. The maximum Gasteiger partial charge on any atom is 0.312 e. The third-order valence-corrected chi connectivity index (χ3v) is 8.98. The smallest absolute Gasteiger partial charge is 0.312 e. The molecule has 5 nitrogen and oxygen atoms in total. The molecule has 2 fully saturated rings. The quantitative estimate of drug-likeness (QED) is 0.565. The lowest BCUT2D eigenvalue weighted by Crippen LogP contribution is -2.60. The molecule has 7 rings (SSSR count). The second-order valence-electron chi connectivity index (χ2n) is 10.3. The number of carboxylic acid groups (broad SMARTS) is 1. The van der Waals surface area contributed by atoms with E-state index in [9.17, 15) is 19.1 Å². The van der Waals surface area contributed by atoms with Crippen LogP contribution in [0.25, 0.3) is 0 Å². The molecule has 0 radical (unpaired) electrons. The number of rotatable bonds is 5. The molecule has 1 N–H and O–H groups in total. The van der Waals surface area contributed by atoms with Gasteiger partial charge in [-0.25, -0.2) is 4.39 Å². The number of halogens is 1. The first-order chi connectivity index (χ1) is 17.4. The number of benzene rings is 3. The summed E-state index contributed by atoms with van der Waals surface area (Å²) < 4.78 is 19.4. The molecule has 6 heteroatoms. The highest BCUT2D eigenvalue weighted by Crippen LogP contribution is 2.68. The molecule has 1 heterocycles. The molecule has 1 saturated carbocycles. The monoisotopic (exact) mass is 485 g/mol. The third kappa shape index (κ3) is 3.00. The van der Waals surface area contributed by atoms with E-state index in [2.05, 4.69) is 6.07 Å². The van der Waals surface area contributed by atoms with Crippen molar-refractivity contribution in [3.63, 3.8) is 0 Å². The van der Waals surface area contributed by atoms with Crippen LogP contribution in [-0.2, 0) is 21.4 Å². The van der Waals surface area contributed by atoms with E-state index in [1.165, 1.54) is 12.1 Å². The topological polar surface area (TPSA) is 66.8 Å². The van der Waals surface area contributed by atoms with Gasteiger partial charge >= 0.3 is 5.97 Å². The summed E-state index contributed by atoms with van der Waals surface area (Å²) >= 11 is 0. The molecule has 184 valence electrons. The second-order valence-corrected chi connectivity index (χ2v) is 10.3. The number of amides is 1. The van der Waals surface area contributed by atoms with E-state index in [-0.39, 0.29) is 36.5 Å². The van der Waals surface area contributed by atoms with Crippen molar-refractivity contribution in [2.24, 2.45) is 11.3 Å². The number of carbonyl (C=O) groups excluding carboxylic acids is 1. The van der Waals surface area contributed by atoms with E-state index in [1.54, 1.807) is 24.1 Å². The van der Waals surface area contributed by atoms with Gasteiger partial charge in [-0.1, -0.05) is 54.6 Å². The average Bonchev–Trinajstić information content (AvgIpc) is 3.34. The van der Waals surface area contributed by atoms with Gasteiger partial charge in [-0.05, 0) is 47.7 Å². The van der Waals surface area contributed by atoms with Crippen LogP contribution in [0.5, 0.6) is 5.75 Å². The second kappa shape index (κ2) is 8.19. The summed E-state index contributed by atoms with van der Waals surface area (Å²) in [6, 6.07) is 22.0. The van der Waals surface area contributed by atoms with E-state index >= 15 is 0 Å². The van der Waals surface area contributed by atoms with Gasteiger partial charge in [0.1, 0.15) is 11.6 Å². The fraction of sp³-hybridized carbons (Fsp3) is 0.333. The third-order valence-electron chi connectivity index (χ3n) is 8.98. The van der Waals surface area contributed by atoms with Gasteiger partial charge in [0, 0.05) is 35.9 Å². The molecule has 0 aromatic heterocycles. The number of likely N-dealkylation sites (tertiary alicyclic amines) is 1. The number of methoxy groups -OCH3 is 1. The molecular weight excluding hydrogens is 457 g/mol. The predicted octanol–water partition coefficient (Wildman–Crippen LogP) is 4.78. The summed E-state index contributed by atoms with van der Waals surface area (Å²) in [7, 11) is 1.58. The molecule has 0 spiro atoms. The summed E-state index contributed by atoms with van der Waals surface area (Å²) in [6.07, 6.45) is 1.63. The van der Waals surface area contributed by atoms with Crippen LogP contribution in [0.4, 0.5) is 4.39 Å². The Morgan fingerprint density at radius 3 is 2.53 bits per heavy atom. The number of nitrogens with zero attached hydrogens (tertiary/aromatic N) is 1. The molecule has 36 heavy (non-hydrogen) atoms. The minimum absolute atomic E-state index is 0.104. The Hall–Kier alpha value is -3.67. The Balaban J connectivity index is 1.47. The minimum Gasteiger partial charge on any atom is -0.496 e. The average molecular weight is 486 g/mol. The number of para-hydroxylation sites is 1. The molecule has 4 aliphatic rings. The molecule has 1 aliphatic heterocycles. The summed E-state index contributed by atoms with van der Waals surface area (Å²) in [5, 5.41) is 10.8. The highest BCUT2D eigenvalue weighted by atomic mass is 19.1. The summed E-state index contributed by atoms with van der Waals surface area (Å²) in [6.45, 7) is 0.519. The Morgan fingerprint density at radius 1 is 1.06 bits per heavy atom. The first-order valence-corrected chi connectivity index (χ1v) is 12.4. The zero-order valence-corrected chi connectivity index (χ0v) is 20.1. The van der Waals surface area contributed by atoms with Gasteiger partial charge in [0.05, 0.1) is 18.9 Å². The van der Waals surface area contributed by atoms with Crippen LogP contribution in [0.15, 0.2) is 72.8 Å². The van der Waals surface area contributed by atoms with E-state index in [0.29, 0.717) is 18.7 Å². The van der Waals surface area contributed by atoms with Gasteiger partial charge in [0.2, 0.25) is 5.91 Å². The lowest BCUT2D eigenvalue weighted by atomic mass is 9.42. The summed E-state index contributed by atoms with van der Waals surface area (Å²) in [5.74, 6) is -1.13. The van der Waals surface area contributed by atoms with Crippen molar-refractivity contribution < 1.29 is 23.8 Å². The van der Waals surface area contributed by atoms with E-state index < -0.39 is 16.8 Å². The van der Waals surface area contributed by atoms with Gasteiger partial charge in [-0.15, -0.1) is 0 Å². The standard InChI is InChI=1S/C30H28FNO4/c1-36-25-9-5-2-6-19(25)16-27(33)32-17-26-29(20-10-12-21(31)13-11-20)15-14-24(30(26,18-32)28(34)35)22-7-3-4-8-23(22)29/h2-13,24,26H,14-18H2,1H3,(H,34,35). The lowest BCUT2D eigenvalue weighted by Gasteiger charge is -2.59. The van der Waals surface area contributed by atoms with Crippen molar-refractivity contribution in [1.29, 1.82) is 0 Å². The van der Waals surface area contributed by atoms with E-state index in [1.807, 2.05) is 42.5 Å². The van der Waals surface area contributed by atoms with Crippen molar-refractivity contribution >= 4 is 11.9 Å². The van der Waals surface area contributed by atoms with Gasteiger partial charge in [0.15, 0.2) is 0 Å². The van der Waals surface area contributed by atoms with Crippen LogP contribution in [-0.4, -0.2) is 42.1 Å². The van der Waals surface area contributed by atoms with Crippen LogP contribution >= 0.6 is 0 Å². The maximum atomic E-state index is 13.9. The number of hydrogen-bond donors (Lipinski definition) is 1. The first kappa shape index (κ1) is 22.8. The van der Waals surface area contributed by atoms with Crippen molar-refractivity contribution in [1.82, 2.24) is 4.90 Å². The van der Waals surface area contributed by atoms with Crippen LogP contribution in [0, 0.1) is 17.2 Å². The number of fused-ring (bicyclic) bond motifs is 1. The zero-order valence-electron chi connectivity index (χ0n) is 20.1. The van der Waals surface area contributed by atoms with Crippen LogP contribution in [0.2, 0.25) is 0 Å². The largest absolute Gasteiger partial charge is 0.496 e. The molecule has 3 aromatic rings. The number of ether oxygens (including phenoxy) is 1. The van der Waals surface area contributed by atoms with Crippen LogP contribution < -0.4 is 4.74 Å². The fourth-order valence-electron chi connectivity index (χ4n) is 7.52. The summed E-state index contributed by atoms with van der Waals surface area (Å²) in [5.41, 5.74) is 2.17. The van der Waals surface area contributed by atoms with E-state index in [0.717, 1.165) is 28.7 Å². The molecule has 4 unspecified atom stereocenters. The van der Waals surface area contributed by atoms with Crippen molar-refractivity contribution in [2.45, 2.75) is 30.6 Å². The molecule has 3 aromatic carbocycles. The number of aliphatic carboxylic acids is 1. The van der Waals surface area contributed by atoms with Crippen molar-refractivity contribution in [2.75, 3.05) is 20.2 Å². The lowest BCUT2D eigenvalue weighted by molar-refractivity contribution is -0.157. The SMILES string of the molecule is COc1ccccc1CC(=O)N1CC2C3(c4ccc(F)cc4)CCC(c4ccccc43)C2(C(=O)O)C1. The molecule has 1 amide bonds. The first-order valence-electron chi connectivity index (χ1n) is 12.4. The normalized spacial score (nSPS) is 27.9. The summed E-state index contributed by atoms with van der Waals surface area (Å²) in [4.78, 5) is 28.5. The fourth-order valence-corrected chi connectivity index (χ4v) is 7.52. The zero-order chi connectivity index (χ0) is 25.1. The maximum absolute atomic E-state index is 13.9. The molecular formula is C30H28FNO4. The Bertz CT molecular complexity index is 1360. The van der Waals surface area contributed by atoms with Crippen molar-refractivity contribution in [3.05, 3.63) is 101 Å².